The summed E-state index contributed by atoms with van der Waals surface area (Å²) >= 11 is 0. The molecule has 0 saturated carbocycles. The molecule has 0 aliphatic rings. The zero-order valence-corrected chi connectivity index (χ0v) is 19.9. The number of nitrogens with one attached hydrogen (secondary N) is 2. The van der Waals surface area contributed by atoms with Crippen molar-refractivity contribution in [1.29, 1.82) is 0 Å². The molecule has 0 saturated heterocycles. The number of aromatic nitrogens is 4. The number of H-pyrrole nitrogens is 1. The highest BCUT2D eigenvalue weighted by atomic mass is 16.5. The van der Waals surface area contributed by atoms with Crippen LogP contribution in [-0.2, 0) is 13.1 Å². The normalized spacial score (nSPS) is 11.5. The Morgan fingerprint density at radius 2 is 1.91 bits per heavy atom. The zero-order valence-electron chi connectivity index (χ0n) is 19.9. The van der Waals surface area contributed by atoms with Crippen molar-refractivity contribution in [3.05, 3.63) is 62.1 Å². The summed E-state index contributed by atoms with van der Waals surface area (Å²) in [6, 6.07) is 5.21. The minimum Gasteiger partial charge on any atom is -0.475 e. The first-order chi connectivity index (χ1) is 15.6. The van der Waals surface area contributed by atoms with Gasteiger partial charge in [0.05, 0.1) is 17.1 Å². The molecule has 1 amide bonds. The summed E-state index contributed by atoms with van der Waals surface area (Å²) in [4.78, 5) is 49.8. The Hall–Kier alpha value is -3.49. The van der Waals surface area contributed by atoms with Crippen molar-refractivity contribution >= 4 is 16.9 Å². The highest BCUT2D eigenvalue weighted by Gasteiger charge is 2.21. The number of aromatic amines is 1. The molecule has 0 unspecified atom stereocenters. The van der Waals surface area contributed by atoms with E-state index in [4.69, 9.17) is 4.74 Å². The van der Waals surface area contributed by atoms with E-state index < -0.39 is 17.2 Å². The number of hydrogen-bond acceptors (Lipinski definition) is 6. The fourth-order valence-corrected chi connectivity index (χ4v) is 3.46. The molecule has 0 aliphatic heterocycles. The van der Waals surface area contributed by atoms with Crippen LogP contribution in [0.15, 0.2) is 34.0 Å². The molecule has 0 fully saturated rings. The average Bonchev–Trinajstić information content (AvgIpc) is 2.74. The number of carbonyl (C=O) groups excluding carboxylic acids is 1. The van der Waals surface area contributed by atoms with E-state index in [0.29, 0.717) is 23.7 Å². The first-order valence-corrected chi connectivity index (χ1v) is 11.1. The molecule has 0 aliphatic carbocycles. The molecule has 33 heavy (non-hydrogen) atoms. The summed E-state index contributed by atoms with van der Waals surface area (Å²) in [6.45, 7) is 12.2. The van der Waals surface area contributed by atoms with Gasteiger partial charge in [0.25, 0.3) is 11.5 Å². The van der Waals surface area contributed by atoms with Crippen LogP contribution in [0.5, 0.6) is 5.88 Å². The third kappa shape index (κ3) is 5.47. The summed E-state index contributed by atoms with van der Waals surface area (Å²) in [5, 5.41) is 2.96. The zero-order chi connectivity index (χ0) is 24.3. The van der Waals surface area contributed by atoms with Gasteiger partial charge in [-0.05, 0) is 37.8 Å². The minimum absolute atomic E-state index is 0.00722. The number of pyridine rings is 2. The lowest BCUT2D eigenvalue weighted by Gasteiger charge is -2.16. The Morgan fingerprint density at radius 3 is 2.55 bits per heavy atom. The number of carbonyl (C=O) groups is 1. The highest BCUT2D eigenvalue weighted by molar-refractivity contribution is 6.05. The van der Waals surface area contributed by atoms with Gasteiger partial charge in [0, 0.05) is 30.5 Å². The van der Waals surface area contributed by atoms with E-state index in [-0.39, 0.29) is 41.1 Å². The van der Waals surface area contributed by atoms with Crippen LogP contribution in [0, 0.1) is 5.92 Å². The van der Waals surface area contributed by atoms with E-state index in [1.165, 1.54) is 4.57 Å². The quantitative estimate of drug-likeness (QED) is 0.541. The van der Waals surface area contributed by atoms with E-state index in [1.807, 2.05) is 47.6 Å². The molecule has 3 heterocycles. The molecule has 0 aromatic carbocycles. The molecule has 3 aromatic heterocycles. The van der Waals surface area contributed by atoms with E-state index in [2.05, 4.69) is 20.3 Å². The maximum absolute atomic E-state index is 13.3. The number of nitrogens with zero attached hydrogens (tertiary/aromatic N) is 3. The number of ether oxygens (including phenoxy) is 1. The number of fused-ring (bicyclic) bond motifs is 1. The van der Waals surface area contributed by atoms with Crippen molar-refractivity contribution in [1.82, 2.24) is 24.8 Å². The van der Waals surface area contributed by atoms with Crippen LogP contribution >= 0.6 is 0 Å². The second-order valence-electron chi connectivity index (χ2n) is 9.03. The molecule has 0 bridgehead atoms. The predicted octanol–water partition coefficient (Wildman–Crippen LogP) is 2.98. The molecule has 9 nitrogen and oxygen atoms in total. The second kappa shape index (κ2) is 9.97. The van der Waals surface area contributed by atoms with Gasteiger partial charge in [-0.15, -0.1) is 0 Å². The Kier molecular flexibility index (Phi) is 7.30. The van der Waals surface area contributed by atoms with E-state index in [1.54, 1.807) is 18.3 Å². The summed E-state index contributed by atoms with van der Waals surface area (Å²) < 4.78 is 7.15. The number of amides is 1. The van der Waals surface area contributed by atoms with Gasteiger partial charge in [0.2, 0.25) is 5.88 Å². The Bertz CT molecular complexity index is 1270. The Morgan fingerprint density at radius 1 is 1.18 bits per heavy atom. The topological polar surface area (TPSA) is 119 Å². The van der Waals surface area contributed by atoms with Crippen molar-refractivity contribution in [3.63, 3.8) is 0 Å². The molecular formula is C24H31N5O4. The van der Waals surface area contributed by atoms with E-state index in [0.717, 1.165) is 0 Å². The predicted molar refractivity (Wildman–Crippen MR) is 127 cm³/mol. The van der Waals surface area contributed by atoms with Crippen LogP contribution in [0.4, 0.5) is 0 Å². The molecule has 3 rings (SSSR count). The monoisotopic (exact) mass is 453 g/mol. The molecular weight excluding hydrogens is 422 g/mol. The molecule has 0 radical (unpaired) electrons. The van der Waals surface area contributed by atoms with Gasteiger partial charge >= 0.3 is 5.69 Å². The summed E-state index contributed by atoms with van der Waals surface area (Å²) in [5.41, 5.74) is 0.574. The van der Waals surface area contributed by atoms with Crippen LogP contribution in [0.1, 0.15) is 69.1 Å². The smallest absolute Gasteiger partial charge is 0.330 e. The minimum atomic E-state index is -0.631. The van der Waals surface area contributed by atoms with Crippen molar-refractivity contribution in [2.45, 2.75) is 66.7 Å². The number of hydrogen-bond donors (Lipinski definition) is 2. The summed E-state index contributed by atoms with van der Waals surface area (Å²) in [7, 11) is 0. The molecule has 0 atom stereocenters. The van der Waals surface area contributed by atoms with Crippen LogP contribution < -0.4 is 21.3 Å². The van der Waals surface area contributed by atoms with Crippen molar-refractivity contribution in [2.24, 2.45) is 5.92 Å². The fraction of sp³-hybridized carbons (Fsp3) is 0.458. The van der Waals surface area contributed by atoms with Gasteiger partial charge in [0.1, 0.15) is 0 Å². The second-order valence-corrected chi connectivity index (χ2v) is 9.03. The van der Waals surface area contributed by atoms with Crippen molar-refractivity contribution in [2.75, 3.05) is 0 Å². The lowest BCUT2D eigenvalue weighted by Crippen LogP contribution is -2.34. The van der Waals surface area contributed by atoms with Crippen LogP contribution in [0.3, 0.4) is 0 Å². The maximum Gasteiger partial charge on any atom is 0.330 e. The molecule has 3 aromatic rings. The van der Waals surface area contributed by atoms with Gasteiger partial charge in [-0.2, -0.15) is 0 Å². The van der Waals surface area contributed by atoms with Gasteiger partial charge in [-0.3, -0.25) is 19.1 Å². The maximum atomic E-state index is 13.3. The van der Waals surface area contributed by atoms with E-state index in [9.17, 15) is 14.4 Å². The third-order valence-electron chi connectivity index (χ3n) is 4.99. The SMILES string of the molecule is CC(C)Cn1c(=O)[nH]c(=O)c2c(C(=O)NCc3cccnc3OC(C)C)cc(C(C)C)nc21. The van der Waals surface area contributed by atoms with Gasteiger partial charge in [0.15, 0.2) is 5.65 Å². The molecule has 0 spiro atoms. The van der Waals surface area contributed by atoms with Gasteiger partial charge in [-0.1, -0.05) is 33.8 Å². The van der Waals surface area contributed by atoms with Crippen LogP contribution in [0.25, 0.3) is 11.0 Å². The molecule has 2 N–H and O–H groups in total. The summed E-state index contributed by atoms with van der Waals surface area (Å²) in [6.07, 6.45) is 1.56. The Labute approximate surface area is 192 Å². The molecule has 176 valence electrons. The van der Waals surface area contributed by atoms with Gasteiger partial charge < -0.3 is 10.1 Å². The highest BCUT2D eigenvalue weighted by Crippen LogP contribution is 2.21. The largest absolute Gasteiger partial charge is 0.475 e. The van der Waals surface area contributed by atoms with E-state index >= 15 is 0 Å². The standard InChI is InChI=1S/C24H31N5O4/c1-13(2)12-29-20-19(22(31)28-24(29)32)17(10-18(27-20)14(3)4)21(30)26-11-16-8-7-9-25-23(16)33-15(5)6/h7-10,13-15H,11-12H2,1-6H3,(H,26,30)(H,28,31,32). The first-order valence-electron chi connectivity index (χ1n) is 11.1. The van der Waals surface area contributed by atoms with Crippen molar-refractivity contribution < 1.29 is 9.53 Å². The number of rotatable bonds is 8. The average molecular weight is 454 g/mol. The summed E-state index contributed by atoms with van der Waals surface area (Å²) in [5.74, 6) is 0.138. The lowest BCUT2D eigenvalue weighted by molar-refractivity contribution is 0.0951. The third-order valence-corrected chi connectivity index (χ3v) is 4.99. The van der Waals surface area contributed by atoms with Crippen LogP contribution in [-0.4, -0.2) is 31.5 Å². The van der Waals surface area contributed by atoms with Crippen molar-refractivity contribution in [3.8, 4) is 5.88 Å². The van der Waals surface area contributed by atoms with Gasteiger partial charge in [-0.25, -0.2) is 14.8 Å². The lowest BCUT2D eigenvalue weighted by atomic mass is 10.0. The molecule has 9 heteroatoms. The Balaban J connectivity index is 2.08. The van der Waals surface area contributed by atoms with Crippen LogP contribution in [0.2, 0.25) is 0 Å². The fourth-order valence-electron chi connectivity index (χ4n) is 3.46. The first kappa shape index (κ1) is 24.2.